The number of carboxylic acids is 2. The Morgan fingerprint density at radius 3 is 2.37 bits per heavy atom. The molecule has 0 saturated carbocycles. The maximum atomic E-state index is 12.6. The topological polar surface area (TPSA) is 211 Å². The number of aromatic nitrogens is 4. The molecular weight excluding hydrogens is 492 g/mol. The highest BCUT2D eigenvalue weighted by Crippen LogP contribution is 2.27. The number of fused-ring (bicyclic) bond motifs is 1. The molecular formula is C25H32N8O5. The van der Waals surface area contributed by atoms with Gasteiger partial charge in [-0.2, -0.15) is 9.97 Å². The molecule has 3 rings (SSSR count). The SMILES string of the molecule is CCC(C)(C)CN(Cc1cnc2nc(N)nc(N)c2n1)c1ccc(C(=O)NC(CCC(=O)O)C(=O)O)cc1. The van der Waals surface area contributed by atoms with E-state index in [1.165, 1.54) is 0 Å². The third kappa shape index (κ3) is 7.24. The Labute approximate surface area is 219 Å². The van der Waals surface area contributed by atoms with E-state index in [4.69, 9.17) is 16.6 Å². The maximum absolute atomic E-state index is 12.6. The molecule has 3 aromatic rings. The number of anilines is 3. The molecule has 13 heteroatoms. The molecule has 7 N–H and O–H groups in total. The van der Waals surface area contributed by atoms with Crippen LogP contribution in [0.1, 0.15) is 56.1 Å². The number of amides is 1. The predicted octanol–water partition coefficient (Wildman–Crippen LogP) is 2.07. The van der Waals surface area contributed by atoms with Crippen molar-refractivity contribution in [3.8, 4) is 0 Å². The predicted molar refractivity (Wildman–Crippen MR) is 141 cm³/mol. The van der Waals surface area contributed by atoms with Crippen molar-refractivity contribution in [2.24, 2.45) is 5.41 Å². The van der Waals surface area contributed by atoms with Gasteiger partial charge in [0.05, 0.1) is 18.4 Å². The molecule has 1 aromatic carbocycles. The average molecular weight is 525 g/mol. The number of hydrogen-bond donors (Lipinski definition) is 5. The third-order valence-electron chi connectivity index (χ3n) is 6.17. The van der Waals surface area contributed by atoms with Gasteiger partial charge in [0.15, 0.2) is 17.0 Å². The quantitative estimate of drug-likeness (QED) is 0.230. The maximum Gasteiger partial charge on any atom is 0.326 e. The Morgan fingerprint density at radius 1 is 1.08 bits per heavy atom. The second-order valence-corrected chi connectivity index (χ2v) is 9.72. The van der Waals surface area contributed by atoms with Gasteiger partial charge in [-0.1, -0.05) is 20.8 Å². The molecule has 0 aliphatic rings. The zero-order valence-electron chi connectivity index (χ0n) is 21.5. The van der Waals surface area contributed by atoms with Crippen molar-refractivity contribution in [2.75, 3.05) is 22.9 Å². The number of nitrogen functional groups attached to an aromatic ring is 2. The van der Waals surface area contributed by atoms with E-state index < -0.39 is 23.9 Å². The molecule has 0 aliphatic heterocycles. The van der Waals surface area contributed by atoms with Crippen molar-refractivity contribution >= 4 is 46.5 Å². The van der Waals surface area contributed by atoms with Gasteiger partial charge in [0.1, 0.15) is 6.04 Å². The van der Waals surface area contributed by atoms with E-state index in [0.29, 0.717) is 29.9 Å². The number of carbonyl (C=O) groups excluding carboxylic acids is 1. The molecule has 0 spiro atoms. The zero-order chi connectivity index (χ0) is 28.0. The van der Waals surface area contributed by atoms with Gasteiger partial charge in [-0.3, -0.25) is 9.59 Å². The second kappa shape index (κ2) is 11.7. The van der Waals surface area contributed by atoms with Crippen molar-refractivity contribution in [2.45, 2.75) is 52.6 Å². The van der Waals surface area contributed by atoms with Gasteiger partial charge in [-0.25, -0.2) is 14.8 Å². The Bertz CT molecular complexity index is 1330. The first-order valence-electron chi connectivity index (χ1n) is 12.0. The van der Waals surface area contributed by atoms with Crippen molar-refractivity contribution in [3.05, 3.63) is 41.7 Å². The van der Waals surface area contributed by atoms with Crippen LogP contribution in [0.25, 0.3) is 11.2 Å². The molecule has 0 aliphatic carbocycles. The Morgan fingerprint density at radius 2 is 1.76 bits per heavy atom. The van der Waals surface area contributed by atoms with E-state index in [0.717, 1.165) is 12.1 Å². The molecule has 0 saturated heterocycles. The minimum absolute atomic E-state index is 0.0176. The third-order valence-corrected chi connectivity index (χ3v) is 6.17. The lowest BCUT2D eigenvalue weighted by molar-refractivity contribution is -0.140. The molecule has 1 unspecified atom stereocenters. The smallest absolute Gasteiger partial charge is 0.326 e. The highest BCUT2D eigenvalue weighted by atomic mass is 16.4. The minimum Gasteiger partial charge on any atom is -0.481 e. The van der Waals surface area contributed by atoms with Gasteiger partial charge >= 0.3 is 11.9 Å². The number of carboxylic acid groups (broad SMARTS) is 2. The van der Waals surface area contributed by atoms with Crippen molar-refractivity contribution in [3.63, 3.8) is 0 Å². The summed E-state index contributed by atoms with van der Waals surface area (Å²) < 4.78 is 0. The highest BCUT2D eigenvalue weighted by Gasteiger charge is 2.24. The molecule has 13 nitrogen and oxygen atoms in total. The van der Waals surface area contributed by atoms with Gasteiger partial charge in [-0.15, -0.1) is 0 Å². The minimum atomic E-state index is -1.31. The van der Waals surface area contributed by atoms with Crippen LogP contribution in [-0.4, -0.2) is 60.6 Å². The van der Waals surface area contributed by atoms with Crippen LogP contribution < -0.4 is 21.7 Å². The molecule has 0 radical (unpaired) electrons. The fourth-order valence-electron chi connectivity index (χ4n) is 3.71. The summed E-state index contributed by atoms with van der Waals surface area (Å²) in [5.41, 5.74) is 13.9. The summed E-state index contributed by atoms with van der Waals surface area (Å²) in [6.07, 6.45) is 1.93. The van der Waals surface area contributed by atoms with Crippen LogP contribution in [0, 0.1) is 5.41 Å². The molecule has 0 fully saturated rings. The lowest BCUT2D eigenvalue weighted by atomic mass is 9.89. The number of nitrogens with zero attached hydrogens (tertiary/aromatic N) is 5. The number of benzene rings is 1. The van der Waals surface area contributed by atoms with E-state index >= 15 is 0 Å². The molecule has 2 aromatic heterocycles. The van der Waals surface area contributed by atoms with Gasteiger partial charge in [0.2, 0.25) is 5.95 Å². The van der Waals surface area contributed by atoms with Gasteiger partial charge in [0.25, 0.3) is 5.91 Å². The molecule has 1 amide bonds. The number of nitrogens with one attached hydrogen (secondary N) is 1. The van der Waals surface area contributed by atoms with Crippen LogP contribution in [0.5, 0.6) is 0 Å². The average Bonchev–Trinajstić information content (AvgIpc) is 2.86. The van der Waals surface area contributed by atoms with Crippen LogP contribution in [0.2, 0.25) is 0 Å². The molecule has 202 valence electrons. The Kier molecular flexibility index (Phi) is 8.61. The van der Waals surface area contributed by atoms with Crippen LogP contribution >= 0.6 is 0 Å². The second-order valence-electron chi connectivity index (χ2n) is 9.72. The Hall–Kier alpha value is -4.55. The van der Waals surface area contributed by atoms with E-state index in [1.54, 1.807) is 30.5 Å². The molecule has 2 heterocycles. The lowest BCUT2D eigenvalue weighted by Crippen LogP contribution is -2.41. The number of aliphatic carboxylic acids is 2. The molecule has 38 heavy (non-hydrogen) atoms. The normalized spacial score (nSPS) is 12.2. The fraction of sp³-hybridized carbons (Fsp3) is 0.400. The first kappa shape index (κ1) is 28.0. The van der Waals surface area contributed by atoms with Crippen LogP contribution in [0.15, 0.2) is 30.5 Å². The number of rotatable bonds is 12. The van der Waals surface area contributed by atoms with Gasteiger partial charge in [0, 0.05) is 24.2 Å². The number of nitrogens with two attached hydrogens (primary N) is 2. The van der Waals surface area contributed by atoms with Gasteiger partial charge < -0.3 is 31.9 Å². The van der Waals surface area contributed by atoms with Crippen molar-refractivity contribution in [1.82, 2.24) is 25.3 Å². The highest BCUT2D eigenvalue weighted by molar-refractivity contribution is 5.97. The number of carbonyl (C=O) groups is 3. The largest absolute Gasteiger partial charge is 0.481 e. The first-order chi connectivity index (χ1) is 17.9. The van der Waals surface area contributed by atoms with Gasteiger partial charge in [-0.05, 0) is 42.5 Å². The number of hydrogen-bond acceptors (Lipinski definition) is 10. The van der Waals surface area contributed by atoms with Crippen LogP contribution in [0.3, 0.4) is 0 Å². The fourth-order valence-corrected chi connectivity index (χ4v) is 3.71. The van der Waals surface area contributed by atoms with Crippen molar-refractivity contribution in [1.29, 1.82) is 0 Å². The lowest BCUT2D eigenvalue weighted by Gasteiger charge is -2.33. The Balaban J connectivity index is 1.84. The summed E-state index contributed by atoms with van der Waals surface area (Å²) >= 11 is 0. The van der Waals surface area contributed by atoms with E-state index in [-0.39, 0.29) is 35.6 Å². The summed E-state index contributed by atoms with van der Waals surface area (Å²) in [5, 5.41) is 20.5. The first-order valence-corrected chi connectivity index (χ1v) is 12.0. The summed E-state index contributed by atoms with van der Waals surface area (Å²) in [6.45, 7) is 7.45. The van der Waals surface area contributed by atoms with E-state index in [2.05, 4.69) is 50.9 Å². The summed E-state index contributed by atoms with van der Waals surface area (Å²) in [6, 6.07) is 5.40. The molecule has 1 atom stereocenters. The zero-order valence-corrected chi connectivity index (χ0v) is 21.5. The monoisotopic (exact) mass is 524 g/mol. The molecule has 0 bridgehead atoms. The summed E-state index contributed by atoms with van der Waals surface area (Å²) in [7, 11) is 0. The van der Waals surface area contributed by atoms with Crippen LogP contribution in [-0.2, 0) is 16.1 Å². The van der Waals surface area contributed by atoms with Crippen LogP contribution in [0.4, 0.5) is 17.5 Å². The summed E-state index contributed by atoms with van der Waals surface area (Å²) in [4.78, 5) is 53.9. The van der Waals surface area contributed by atoms with E-state index in [9.17, 15) is 19.5 Å². The standard InChI is InChI=1S/C25H32N8O5/c1-4-25(2,3)13-33(12-15-11-28-21-19(29-15)20(26)31-24(27)32-21)16-7-5-14(6-8-16)22(36)30-17(23(37)38)9-10-18(34)35/h5-8,11,17H,4,9-10,12-13H2,1-3H3,(H,30,36)(H,34,35)(H,37,38)(H4,26,27,28,31,32). The van der Waals surface area contributed by atoms with E-state index in [1.807, 2.05) is 0 Å². The summed E-state index contributed by atoms with van der Waals surface area (Å²) in [5.74, 6) is -2.88. The van der Waals surface area contributed by atoms with Crippen molar-refractivity contribution < 1.29 is 24.6 Å².